The van der Waals surface area contributed by atoms with Crippen molar-refractivity contribution >= 4 is 5.69 Å². The summed E-state index contributed by atoms with van der Waals surface area (Å²) in [6.07, 6.45) is 1.13. The van der Waals surface area contributed by atoms with Gasteiger partial charge in [0.1, 0.15) is 0 Å². The van der Waals surface area contributed by atoms with E-state index in [1.54, 1.807) is 0 Å². The number of hydrogen-bond donors (Lipinski definition) is 1. The van der Waals surface area contributed by atoms with E-state index >= 15 is 0 Å². The maximum Gasteiger partial charge on any atom is 0.0349 e. The van der Waals surface area contributed by atoms with Crippen LogP contribution in [0.3, 0.4) is 0 Å². The lowest BCUT2D eigenvalue weighted by Gasteiger charge is -2.24. The standard InChI is InChI=1S/C12H17N/c1-8-7-9-10(12(8,2)3)5-4-6-11(9)13/h4-6,8H,7,13H2,1-3H3/t8-/m0/s1. The van der Waals surface area contributed by atoms with Crippen LogP contribution in [0.1, 0.15) is 31.9 Å². The summed E-state index contributed by atoms with van der Waals surface area (Å²) in [4.78, 5) is 0. The lowest BCUT2D eigenvalue weighted by atomic mass is 9.80. The van der Waals surface area contributed by atoms with Gasteiger partial charge in [-0.2, -0.15) is 0 Å². The lowest BCUT2D eigenvalue weighted by molar-refractivity contribution is 0.379. The monoisotopic (exact) mass is 175 g/mol. The molecule has 1 nitrogen and oxygen atoms in total. The third kappa shape index (κ3) is 1.06. The molecule has 0 saturated heterocycles. The topological polar surface area (TPSA) is 26.0 Å². The molecule has 0 aromatic heterocycles. The molecule has 0 unspecified atom stereocenters. The first-order valence-corrected chi connectivity index (χ1v) is 4.91. The normalized spacial score (nSPS) is 24.4. The van der Waals surface area contributed by atoms with Crippen molar-refractivity contribution in [3.8, 4) is 0 Å². The van der Waals surface area contributed by atoms with Crippen LogP contribution in [0.15, 0.2) is 18.2 Å². The van der Waals surface area contributed by atoms with Gasteiger partial charge in [0.25, 0.3) is 0 Å². The summed E-state index contributed by atoms with van der Waals surface area (Å²) in [5, 5.41) is 0. The molecule has 1 aliphatic carbocycles. The third-order valence-electron chi connectivity index (χ3n) is 3.65. The molecule has 1 aromatic rings. The Kier molecular flexibility index (Phi) is 1.66. The molecule has 0 heterocycles. The first-order chi connectivity index (χ1) is 6.03. The second-order valence-corrected chi connectivity index (χ2v) is 4.70. The lowest BCUT2D eigenvalue weighted by Crippen LogP contribution is -2.21. The van der Waals surface area contributed by atoms with E-state index in [0.717, 1.165) is 12.1 Å². The molecule has 2 rings (SSSR count). The third-order valence-corrected chi connectivity index (χ3v) is 3.65. The number of benzene rings is 1. The van der Waals surface area contributed by atoms with E-state index in [2.05, 4.69) is 32.9 Å². The number of fused-ring (bicyclic) bond motifs is 1. The van der Waals surface area contributed by atoms with Crippen molar-refractivity contribution in [1.29, 1.82) is 0 Å². The van der Waals surface area contributed by atoms with Crippen LogP contribution in [0.4, 0.5) is 5.69 Å². The minimum absolute atomic E-state index is 0.296. The summed E-state index contributed by atoms with van der Waals surface area (Å²) in [5.41, 5.74) is 10.0. The Morgan fingerprint density at radius 3 is 2.69 bits per heavy atom. The fraction of sp³-hybridized carbons (Fsp3) is 0.500. The van der Waals surface area contributed by atoms with Gasteiger partial charge < -0.3 is 5.73 Å². The minimum Gasteiger partial charge on any atom is -0.398 e. The van der Waals surface area contributed by atoms with Gasteiger partial charge >= 0.3 is 0 Å². The Labute approximate surface area is 80.0 Å². The second kappa shape index (κ2) is 2.50. The Morgan fingerprint density at radius 1 is 1.38 bits per heavy atom. The van der Waals surface area contributed by atoms with Gasteiger partial charge in [0.2, 0.25) is 0 Å². The highest BCUT2D eigenvalue weighted by Crippen LogP contribution is 2.44. The molecule has 0 spiro atoms. The summed E-state index contributed by atoms with van der Waals surface area (Å²) in [6.45, 7) is 6.92. The van der Waals surface area contributed by atoms with Gasteiger partial charge in [0.05, 0.1) is 0 Å². The molecule has 0 bridgehead atoms. The van der Waals surface area contributed by atoms with Gasteiger partial charge in [-0.05, 0) is 34.9 Å². The van der Waals surface area contributed by atoms with E-state index in [1.807, 2.05) is 6.07 Å². The van der Waals surface area contributed by atoms with Gasteiger partial charge in [-0.1, -0.05) is 32.9 Å². The molecular weight excluding hydrogens is 158 g/mol. The molecule has 2 N–H and O–H groups in total. The van der Waals surface area contributed by atoms with E-state index < -0.39 is 0 Å². The molecule has 1 aliphatic rings. The SMILES string of the molecule is C[C@H]1Cc2c(N)cccc2C1(C)C. The molecule has 1 heteroatoms. The number of nitrogens with two attached hydrogens (primary N) is 1. The van der Waals surface area contributed by atoms with Crippen molar-refractivity contribution in [2.75, 3.05) is 5.73 Å². The van der Waals surface area contributed by atoms with Crippen molar-refractivity contribution in [3.63, 3.8) is 0 Å². The van der Waals surface area contributed by atoms with E-state index in [9.17, 15) is 0 Å². The smallest absolute Gasteiger partial charge is 0.0349 e. The number of nitrogen functional groups attached to an aromatic ring is 1. The summed E-state index contributed by atoms with van der Waals surface area (Å²) in [7, 11) is 0. The second-order valence-electron chi connectivity index (χ2n) is 4.70. The van der Waals surface area contributed by atoms with Crippen LogP contribution in [-0.2, 0) is 11.8 Å². The molecule has 0 amide bonds. The molecule has 0 saturated carbocycles. The van der Waals surface area contributed by atoms with Crippen LogP contribution in [0, 0.1) is 5.92 Å². The molecule has 0 fully saturated rings. The van der Waals surface area contributed by atoms with Crippen molar-refractivity contribution in [3.05, 3.63) is 29.3 Å². The minimum atomic E-state index is 0.296. The highest BCUT2D eigenvalue weighted by atomic mass is 14.6. The predicted molar refractivity (Wildman–Crippen MR) is 56.7 cm³/mol. The van der Waals surface area contributed by atoms with Crippen molar-refractivity contribution in [2.45, 2.75) is 32.6 Å². The summed E-state index contributed by atoms with van der Waals surface area (Å²) >= 11 is 0. The summed E-state index contributed by atoms with van der Waals surface area (Å²) in [6, 6.07) is 6.29. The summed E-state index contributed by atoms with van der Waals surface area (Å²) < 4.78 is 0. The predicted octanol–water partition coefficient (Wildman–Crippen LogP) is 2.74. The van der Waals surface area contributed by atoms with Gasteiger partial charge in [-0.25, -0.2) is 0 Å². The van der Waals surface area contributed by atoms with Crippen LogP contribution in [0.2, 0.25) is 0 Å². The molecule has 0 aliphatic heterocycles. The summed E-state index contributed by atoms with van der Waals surface area (Å²) in [5.74, 6) is 0.701. The molecule has 1 aromatic carbocycles. The zero-order valence-corrected chi connectivity index (χ0v) is 8.59. The Morgan fingerprint density at radius 2 is 2.08 bits per heavy atom. The maximum atomic E-state index is 5.96. The fourth-order valence-corrected chi connectivity index (χ4v) is 2.26. The van der Waals surface area contributed by atoms with Gasteiger partial charge in [-0.3, -0.25) is 0 Å². The van der Waals surface area contributed by atoms with E-state index in [4.69, 9.17) is 5.73 Å². The number of anilines is 1. The zero-order valence-electron chi connectivity index (χ0n) is 8.59. The van der Waals surface area contributed by atoms with Crippen LogP contribution < -0.4 is 5.73 Å². The zero-order chi connectivity index (χ0) is 9.64. The molecule has 13 heavy (non-hydrogen) atoms. The van der Waals surface area contributed by atoms with E-state index in [0.29, 0.717) is 11.3 Å². The van der Waals surface area contributed by atoms with E-state index in [1.165, 1.54) is 11.1 Å². The quantitative estimate of drug-likeness (QED) is 0.603. The first kappa shape index (κ1) is 8.61. The molecular formula is C12H17N. The largest absolute Gasteiger partial charge is 0.398 e. The average Bonchev–Trinajstić information content (AvgIpc) is 2.28. The maximum absolute atomic E-state index is 5.96. The number of hydrogen-bond acceptors (Lipinski definition) is 1. The van der Waals surface area contributed by atoms with Crippen molar-refractivity contribution in [1.82, 2.24) is 0 Å². The average molecular weight is 175 g/mol. The van der Waals surface area contributed by atoms with Gasteiger partial charge in [-0.15, -0.1) is 0 Å². The Bertz CT molecular complexity index is 339. The highest BCUT2D eigenvalue weighted by molar-refractivity contribution is 5.56. The van der Waals surface area contributed by atoms with Crippen molar-refractivity contribution in [2.24, 2.45) is 5.92 Å². The van der Waals surface area contributed by atoms with Crippen LogP contribution in [0.25, 0.3) is 0 Å². The fourth-order valence-electron chi connectivity index (χ4n) is 2.26. The van der Waals surface area contributed by atoms with Crippen LogP contribution in [0.5, 0.6) is 0 Å². The first-order valence-electron chi connectivity index (χ1n) is 4.91. The van der Waals surface area contributed by atoms with Crippen LogP contribution >= 0.6 is 0 Å². The molecule has 1 atom stereocenters. The highest BCUT2D eigenvalue weighted by Gasteiger charge is 2.36. The Balaban J connectivity index is 2.61. The molecule has 70 valence electrons. The molecule has 0 radical (unpaired) electrons. The van der Waals surface area contributed by atoms with Gasteiger partial charge in [0, 0.05) is 5.69 Å². The van der Waals surface area contributed by atoms with Gasteiger partial charge in [0.15, 0.2) is 0 Å². The Hall–Kier alpha value is -0.980. The van der Waals surface area contributed by atoms with Crippen molar-refractivity contribution < 1.29 is 0 Å². The van der Waals surface area contributed by atoms with Crippen LogP contribution in [-0.4, -0.2) is 0 Å². The van der Waals surface area contributed by atoms with E-state index in [-0.39, 0.29) is 0 Å². The number of rotatable bonds is 0.